The van der Waals surface area contributed by atoms with Crippen molar-refractivity contribution in [2.75, 3.05) is 18.9 Å². The van der Waals surface area contributed by atoms with Gasteiger partial charge in [-0.25, -0.2) is 9.97 Å². The molecule has 32 heavy (non-hydrogen) atoms. The van der Waals surface area contributed by atoms with E-state index >= 15 is 0 Å². The van der Waals surface area contributed by atoms with E-state index in [4.69, 9.17) is 20.8 Å². The summed E-state index contributed by atoms with van der Waals surface area (Å²) in [5, 5.41) is 10.1. The molecular weight excluding hydrogens is 436 g/mol. The summed E-state index contributed by atoms with van der Waals surface area (Å²) in [6.07, 6.45) is 0. The Morgan fingerprint density at radius 1 is 1.22 bits per heavy atom. The van der Waals surface area contributed by atoms with Crippen LogP contribution in [0.5, 0.6) is 11.8 Å². The van der Waals surface area contributed by atoms with Gasteiger partial charge in [-0.1, -0.05) is 0 Å². The van der Waals surface area contributed by atoms with Gasteiger partial charge in [0.2, 0.25) is 22.8 Å². The minimum atomic E-state index is -0.417. The molecule has 162 valence electrons. The lowest BCUT2D eigenvalue weighted by atomic mass is 10.1. The van der Waals surface area contributed by atoms with Crippen LogP contribution in [0.25, 0.3) is 21.9 Å². The molecule has 0 fully saturated rings. The van der Waals surface area contributed by atoms with Gasteiger partial charge in [0.15, 0.2) is 0 Å². The second-order valence-electron chi connectivity index (χ2n) is 7.26. The minimum absolute atomic E-state index is 0.0346. The molecule has 0 bridgehead atoms. The lowest BCUT2D eigenvalue weighted by molar-refractivity contribution is 0.0919. The summed E-state index contributed by atoms with van der Waals surface area (Å²) < 4.78 is 11.6. The first kappa shape index (κ1) is 20.0. The molecule has 0 saturated heterocycles. The number of ether oxygens (including phenoxy) is 1. The largest absolute Gasteiger partial charge is 0.449 e. The number of hydrogen-bond acceptors (Lipinski definition) is 8. The Hall–Kier alpha value is -3.92. The second kappa shape index (κ2) is 7.65. The molecule has 3 aromatic heterocycles. The zero-order chi connectivity index (χ0) is 22.4. The number of pyridine rings is 1. The standard InChI is InChI=1S/C21H17ClN6O4/c1-9-8-24-17-16-10-3-6-14(32-15-7-12(19(29)23-2)27-21(22)28-15)26-11(10)4-5-13(16)31-18(17)20(30)25-9/h3-7,9,24H,8H2,1-2H3,(H,23,29)(H,25,30)/t9-/m1/s1. The van der Waals surface area contributed by atoms with Gasteiger partial charge in [-0.15, -0.1) is 0 Å². The van der Waals surface area contributed by atoms with Gasteiger partial charge < -0.3 is 25.1 Å². The Morgan fingerprint density at radius 3 is 2.88 bits per heavy atom. The average Bonchev–Trinajstić information content (AvgIpc) is 3.09. The Morgan fingerprint density at radius 2 is 2.06 bits per heavy atom. The van der Waals surface area contributed by atoms with Gasteiger partial charge in [0, 0.05) is 37.2 Å². The van der Waals surface area contributed by atoms with Crippen LogP contribution in [-0.2, 0) is 0 Å². The number of nitrogens with one attached hydrogen (secondary N) is 3. The number of amides is 2. The van der Waals surface area contributed by atoms with Crippen LogP contribution in [0.2, 0.25) is 5.28 Å². The maximum absolute atomic E-state index is 12.5. The van der Waals surface area contributed by atoms with Crippen molar-refractivity contribution in [2.45, 2.75) is 13.0 Å². The third-order valence-electron chi connectivity index (χ3n) is 5.01. The Balaban J connectivity index is 1.56. The summed E-state index contributed by atoms with van der Waals surface area (Å²) in [6, 6.07) is 8.36. The summed E-state index contributed by atoms with van der Waals surface area (Å²) in [6.45, 7) is 2.48. The fourth-order valence-corrected chi connectivity index (χ4v) is 3.74. The first-order valence-corrected chi connectivity index (χ1v) is 10.2. The molecule has 2 amide bonds. The Labute approximate surface area is 186 Å². The van der Waals surface area contributed by atoms with Crippen molar-refractivity contribution in [3.8, 4) is 11.8 Å². The van der Waals surface area contributed by atoms with Crippen molar-refractivity contribution >= 4 is 51.0 Å². The third-order valence-corrected chi connectivity index (χ3v) is 5.18. The number of aromatic nitrogens is 3. The number of nitrogens with zero attached hydrogens (tertiary/aromatic N) is 3. The number of benzene rings is 1. The predicted molar refractivity (Wildman–Crippen MR) is 117 cm³/mol. The highest BCUT2D eigenvalue weighted by molar-refractivity contribution is 6.28. The normalized spacial score (nSPS) is 15.6. The lowest BCUT2D eigenvalue weighted by Gasteiger charge is -2.10. The van der Waals surface area contributed by atoms with E-state index in [9.17, 15) is 9.59 Å². The molecule has 1 aromatic carbocycles. The predicted octanol–water partition coefficient (Wildman–Crippen LogP) is 3.12. The first-order chi connectivity index (χ1) is 15.4. The molecule has 1 aliphatic heterocycles. The van der Waals surface area contributed by atoms with E-state index in [2.05, 4.69) is 30.9 Å². The monoisotopic (exact) mass is 452 g/mol. The number of carbonyl (C=O) groups is 2. The van der Waals surface area contributed by atoms with Crippen LogP contribution in [0.1, 0.15) is 28.0 Å². The molecule has 1 aliphatic rings. The Kier molecular flexibility index (Phi) is 4.78. The molecule has 0 saturated carbocycles. The van der Waals surface area contributed by atoms with Crippen molar-refractivity contribution < 1.29 is 18.7 Å². The van der Waals surface area contributed by atoms with E-state index in [1.54, 1.807) is 18.2 Å². The smallest absolute Gasteiger partial charge is 0.289 e. The van der Waals surface area contributed by atoms with E-state index in [0.29, 0.717) is 23.3 Å². The highest BCUT2D eigenvalue weighted by atomic mass is 35.5. The van der Waals surface area contributed by atoms with Crippen LogP contribution in [0.15, 0.2) is 34.7 Å². The number of halogens is 1. The fraction of sp³-hybridized carbons (Fsp3) is 0.190. The van der Waals surface area contributed by atoms with E-state index in [1.807, 2.05) is 13.0 Å². The molecule has 3 N–H and O–H groups in total. The van der Waals surface area contributed by atoms with Crippen LogP contribution in [0.4, 0.5) is 5.69 Å². The van der Waals surface area contributed by atoms with E-state index < -0.39 is 5.91 Å². The molecule has 5 rings (SSSR count). The van der Waals surface area contributed by atoms with Crippen molar-refractivity contribution in [3.05, 3.63) is 47.1 Å². The molecule has 0 unspecified atom stereocenters. The molecule has 0 spiro atoms. The topological polar surface area (TPSA) is 131 Å². The van der Waals surface area contributed by atoms with Crippen LogP contribution in [0, 0.1) is 0 Å². The van der Waals surface area contributed by atoms with Gasteiger partial charge >= 0.3 is 0 Å². The zero-order valence-electron chi connectivity index (χ0n) is 17.0. The lowest BCUT2D eigenvalue weighted by Crippen LogP contribution is -2.34. The molecular formula is C21H17ClN6O4. The molecule has 10 nitrogen and oxygen atoms in total. The summed E-state index contributed by atoms with van der Waals surface area (Å²) in [5.74, 6) is -0.0965. The van der Waals surface area contributed by atoms with Crippen LogP contribution in [0.3, 0.4) is 0 Å². The molecule has 0 radical (unpaired) electrons. The number of furan rings is 1. The van der Waals surface area contributed by atoms with Crippen LogP contribution < -0.4 is 20.7 Å². The number of fused-ring (bicyclic) bond motifs is 5. The van der Waals surface area contributed by atoms with Crippen molar-refractivity contribution in [2.24, 2.45) is 0 Å². The van der Waals surface area contributed by atoms with Gasteiger partial charge in [0.25, 0.3) is 11.8 Å². The second-order valence-corrected chi connectivity index (χ2v) is 7.60. The van der Waals surface area contributed by atoms with Crippen molar-refractivity contribution in [1.82, 2.24) is 25.6 Å². The Bertz CT molecular complexity index is 1400. The van der Waals surface area contributed by atoms with E-state index in [1.165, 1.54) is 13.1 Å². The number of carbonyl (C=O) groups excluding carboxylic acids is 2. The SMILES string of the molecule is CNC(=O)c1cc(Oc2ccc3c(ccc4oc5c(c43)NC[C@@H](C)NC5=O)n2)nc(Cl)n1. The highest BCUT2D eigenvalue weighted by Crippen LogP contribution is 2.37. The molecule has 4 heterocycles. The molecule has 0 aliphatic carbocycles. The molecule has 1 atom stereocenters. The summed E-state index contributed by atoms with van der Waals surface area (Å²) in [4.78, 5) is 36.7. The van der Waals surface area contributed by atoms with E-state index in [-0.39, 0.29) is 40.4 Å². The quantitative estimate of drug-likeness (QED) is 0.404. The van der Waals surface area contributed by atoms with Crippen LogP contribution >= 0.6 is 11.6 Å². The maximum atomic E-state index is 12.5. The third kappa shape index (κ3) is 3.44. The van der Waals surface area contributed by atoms with Gasteiger partial charge in [0.05, 0.1) is 16.6 Å². The maximum Gasteiger partial charge on any atom is 0.289 e. The van der Waals surface area contributed by atoms with Gasteiger partial charge in [-0.3, -0.25) is 9.59 Å². The van der Waals surface area contributed by atoms with Crippen LogP contribution in [-0.4, -0.2) is 46.4 Å². The summed E-state index contributed by atoms with van der Waals surface area (Å²) in [5.41, 5.74) is 1.92. The summed E-state index contributed by atoms with van der Waals surface area (Å²) in [7, 11) is 1.49. The summed E-state index contributed by atoms with van der Waals surface area (Å²) >= 11 is 5.92. The zero-order valence-corrected chi connectivity index (χ0v) is 17.8. The molecule has 11 heteroatoms. The van der Waals surface area contributed by atoms with Gasteiger partial charge in [-0.05, 0) is 36.7 Å². The number of hydrogen-bond donors (Lipinski definition) is 3. The van der Waals surface area contributed by atoms with Crippen molar-refractivity contribution in [3.63, 3.8) is 0 Å². The number of anilines is 1. The van der Waals surface area contributed by atoms with Gasteiger partial charge in [-0.2, -0.15) is 4.98 Å². The van der Waals surface area contributed by atoms with Gasteiger partial charge in [0.1, 0.15) is 11.3 Å². The van der Waals surface area contributed by atoms with Crippen molar-refractivity contribution in [1.29, 1.82) is 0 Å². The van der Waals surface area contributed by atoms with E-state index in [0.717, 1.165) is 10.8 Å². The minimum Gasteiger partial charge on any atom is -0.449 e. The highest BCUT2D eigenvalue weighted by Gasteiger charge is 2.26. The number of rotatable bonds is 3. The first-order valence-electron chi connectivity index (χ1n) is 9.78. The average molecular weight is 453 g/mol. The fourth-order valence-electron chi connectivity index (χ4n) is 3.56. The molecule has 4 aromatic rings.